The van der Waals surface area contributed by atoms with Gasteiger partial charge in [-0.15, -0.1) is 0 Å². The number of benzene rings is 4. The molecule has 248 valence electrons. The average Bonchev–Trinajstić information content (AvgIpc) is 3.04. The van der Waals surface area contributed by atoms with E-state index in [1.54, 1.807) is 54.6 Å². The molecule has 11 heteroatoms. The molecule has 0 aromatic heterocycles. The number of nitrogens with one attached hydrogen (secondary N) is 1. The molecule has 0 aliphatic rings. The summed E-state index contributed by atoms with van der Waals surface area (Å²) in [6.07, 6.45) is 0.197. The summed E-state index contributed by atoms with van der Waals surface area (Å²) in [5.41, 5.74) is 2.69. The van der Waals surface area contributed by atoms with Crippen LogP contribution in [0.4, 0.5) is 5.69 Å². The number of ether oxygens (including phenoxy) is 1. The predicted octanol–water partition coefficient (Wildman–Crippen LogP) is 7.06. The van der Waals surface area contributed by atoms with E-state index in [9.17, 15) is 18.0 Å². The maximum absolute atomic E-state index is 14.6. The molecular formula is C36H39Cl2N3O5S. The Labute approximate surface area is 287 Å². The van der Waals surface area contributed by atoms with Crippen molar-refractivity contribution in [1.82, 2.24) is 10.2 Å². The average molecular weight is 697 g/mol. The van der Waals surface area contributed by atoms with E-state index in [1.165, 1.54) is 17.0 Å². The van der Waals surface area contributed by atoms with Crippen LogP contribution in [0.2, 0.25) is 10.0 Å². The molecule has 8 nitrogen and oxygen atoms in total. The molecule has 2 amide bonds. The Morgan fingerprint density at radius 1 is 0.851 bits per heavy atom. The van der Waals surface area contributed by atoms with E-state index in [-0.39, 0.29) is 29.8 Å². The van der Waals surface area contributed by atoms with Gasteiger partial charge in [0.2, 0.25) is 11.8 Å². The van der Waals surface area contributed by atoms with Crippen LogP contribution in [0, 0.1) is 6.92 Å². The first kappa shape index (κ1) is 35.8. The molecular weight excluding hydrogens is 657 g/mol. The number of sulfonamides is 1. The second-order valence-corrected chi connectivity index (χ2v) is 14.1. The van der Waals surface area contributed by atoms with Crippen molar-refractivity contribution in [3.8, 4) is 5.75 Å². The molecule has 0 heterocycles. The highest BCUT2D eigenvalue weighted by molar-refractivity contribution is 7.92. The number of amides is 2. The molecule has 0 saturated heterocycles. The fourth-order valence-electron chi connectivity index (χ4n) is 5.01. The summed E-state index contributed by atoms with van der Waals surface area (Å²) in [4.78, 5) is 29.8. The van der Waals surface area contributed by atoms with Gasteiger partial charge >= 0.3 is 0 Å². The molecule has 1 atom stereocenters. The van der Waals surface area contributed by atoms with Crippen molar-refractivity contribution in [3.63, 3.8) is 0 Å². The van der Waals surface area contributed by atoms with E-state index in [4.69, 9.17) is 27.9 Å². The Morgan fingerprint density at radius 3 is 2.11 bits per heavy atom. The first-order chi connectivity index (χ1) is 22.4. The van der Waals surface area contributed by atoms with Crippen molar-refractivity contribution in [2.45, 2.75) is 57.6 Å². The van der Waals surface area contributed by atoms with Crippen LogP contribution in [0.1, 0.15) is 37.5 Å². The fraction of sp³-hybridized carbons (Fsp3) is 0.278. The standard InChI is InChI=1S/C36H39Cl2N3O5S/c1-5-46-30-16-18-31(19-17-30)47(44,45)41(29-14-11-26(4)12-15-29)24-35(42)40(23-28-13-20-32(37)33(38)21-28)34(36(43)39-25(2)3)22-27-9-7-6-8-10-27/h6-21,25,34H,5,22-24H2,1-4H3,(H,39,43)/t34-/m1/s1. The van der Waals surface area contributed by atoms with Crippen LogP contribution >= 0.6 is 23.2 Å². The number of halogens is 2. The molecule has 0 radical (unpaired) electrons. The fourth-order valence-corrected chi connectivity index (χ4v) is 6.75. The summed E-state index contributed by atoms with van der Waals surface area (Å²) >= 11 is 12.5. The Morgan fingerprint density at radius 2 is 1.51 bits per heavy atom. The Kier molecular flexibility index (Phi) is 12.3. The molecule has 0 aliphatic carbocycles. The van der Waals surface area contributed by atoms with Crippen molar-refractivity contribution in [2.24, 2.45) is 0 Å². The van der Waals surface area contributed by atoms with Crippen molar-refractivity contribution in [1.29, 1.82) is 0 Å². The molecule has 47 heavy (non-hydrogen) atoms. The third kappa shape index (κ3) is 9.50. The number of carbonyl (C=O) groups excluding carboxylic acids is 2. The second-order valence-electron chi connectivity index (χ2n) is 11.4. The molecule has 1 N–H and O–H groups in total. The van der Waals surface area contributed by atoms with Gasteiger partial charge in [-0.3, -0.25) is 13.9 Å². The van der Waals surface area contributed by atoms with Crippen molar-refractivity contribution in [2.75, 3.05) is 17.5 Å². The summed E-state index contributed by atoms with van der Waals surface area (Å²) < 4.78 is 35.0. The van der Waals surface area contributed by atoms with Crippen molar-refractivity contribution in [3.05, 3.63) is 124 Å². The molecule has 4 rings (SSSR count). The molecule has 0 fully saturated rings. The maximum atomic E-state index is 14.6. The molecule has 4 aromatic carbocycles. The third-order valence-corrected chi connectivity index (χ3v) is 9.89. The molecule has 0 spiro atoms. The van der Waals surface area contributed by atoms with E-state index in [1.807, 2.05) is 58.0 Å². The number of carbonyl (C=O) groups is 2. The lowest BCUT2D eigenvalue weighted by Crippen LogP contribution is -2.54. The van der Waals surface area contributed by atoms with Gasteiger partial charge in [-0.25, -0.2) is 8.42 Å². The zero-order valence-corrected chi connectivity index (χ0v) is 29.1. The SMILES string of the molecule is CCOc1ccc(S(=O)(=O)N(CC(=O)N(Cc2ccc(Cl)c(Cl)c2)[C@H](Cc2ccccc2)C(=O)NC(C)C)c2ccc(C)cc2)cc1. The molecule has 0 bridgehead atoms. The van der Waals surface area contributed by atoms with Crippen LogP contribution in [-0.2, 0) is 32.6 Å². The Balaban J connectivity index is 1.80. The first-order valence-corrected chi connectivity index (χ1v) is 17.5. The van der Waals surface area contributed by atoms with Crippen molar-refractivity contribution >= 4 is 50.7 Å². The number of rotatable bonds is 14. The molecule has 0 unspecified atom stereocenters. The van der Waals surface area contributed by atoms with E-state index >= 15 is 0 Å². The lowest BCUT2D eigenvalue weighted by Gasteiger charge is -2.34. The van der Waals surface area contributed by atoms with Crippen LogP contribution in [0.25, 0.3) is 0 Å². The van der Waals surface area contributed by atoms with Gasteiger partial charge in [-0.1, -0.05) is 77.3 Å². The highest BCUT2D eigenvalue weighted by Gasteiger charge is 2.35. The Bertz CT molecular complexity index is 1770. The quantitative estimate of drug-likeness (QED) is 0.152. The number of nitrogens with zero attached hydrogens (tertiary/aromatic N) is 2. The second kappa shape index (κ2) is 16.2. The van der Waals surface area contributed by atoms with Crippen LogP contribution in [-0.4, -0.2) is 50.4 Å². The van der Waals surface area contributed by atoms with Crippen molar-refractivity contribution < 1.29 is 22.7 Å². The van der Waals surface area contributed by atoms with Gasteiger partial charge in [0.15, 0.2) is 0 Å². The number of aryl methyl sites for hydroxylation is 1. The number of hydrogen-bond donors (Lipinski definition) is 1. The van der Waals surface area contributed by atoms with Gasteiger partial charge in [-0.2, -0.15) is 0 Å². The number of anilines is 1. The third-order valence-electron chi connectivity index (χ3n) is 7.36. The zero-order chi connectivity index (χ0) is 34.1. The van der Waals surface area contributed by atoms with Gasteiger partial charge in [0, 0.05) is 19.0 Å². The normalized spacial score (nSPS) is 12.0. The van der Waals surface area contributed by atoms with Crippen LogP contribution in [0.3, 0.4) is 0 Å². The van der Waals surface area contributed by atoms with Gasteiger partial charge in [0.1, 0.15) is 18.3 Å². The van der Waals surface area contributed by atoms with Crippen LogP contribution in [0.5, 0.6) is 5.75 Å². The molecule has 0 saturated carbocycles. The molecule has 0 aliphatic heterocycles. The van der Waals surface area contributed by atoms with E-state index in [0.29, 0.717) is 33.7 Å². The van der Waals surface area contributed by atoms with Crippen LogP contribution < -0.4 is 14.4 Å². The molecule has 4 aromatic rings. The predicted molar refractivity (Wildman–Crippen MR) is 188 cm³/mol. The largest absolute Gasteiger partial charge is 0.494 e. The topological polar surface area (TPSA) is 96.0 Å². The first-order valence-electron chi connectivity index (χ1n) is 15.3. The minimum absolute atomic E-state index is 0.0104. The minimum Gasteiger partial charge on any atom is -0.494 e. The summed E-state index contributed by atoms with van der Waals surface area (Å²) in [6.45, 7) is 7.24. The lowest BCUT2D eigenvalue weighted by atomic mass is 10.0. The van der Waals surface area contributed by atoms with E-state index in [2.05, 4.69) is 5.32 Å². The highest BCUT2D eigenvalue weighted by Crippen LogP contribution is 2.28. The van der Waals surface area contributed by atoms with Gasteiger partial charge in [-0.05, 0) is 87.4 Å². The summed E-state index contributed by atoms with van der Waals surface area (Å²) in [5.74, 6) is -0.420. The maximum Gasteiger partial charge on any atom is 0.264 e. The van der Waals surface area contributed by atoms with Gasteiger partial charge < -0.3 is 15.0 Å². The highest BCUT2D eigenvalue weighted by atomic mass is 35.5. The Hall–Kier alpha value is -4.05. The lowest BCUT2D eigenvalue weighted by molar-refractivity contribution is -0.140. The summed E-state index contributed by atoms with van der Waals surface area (Å²) in [7, 11) is -4.25. The smallest absolute Gasteiger partial charge is 0.264 e. The summed E-state index contributed by atoms with van der Waals surface area (Å²) in [5, 5.41) is 3.58. The van der Waals surface area contributed by atoms with E-state index in [0.717, 1.165) is 15.4 Å². The zero-order valence-electron chi connectivity index (χ0n) is 26.8. The summed E-state index contributed by atoms with van der Waals surface area (Å²) in [6, 6.07) is 26.1. The number of hydrogen-bond acceptors (Lipinski definition) is 5. The van der Waals surface area contributed by atoms with Gasteiger partial charge in [0.05, 0.1) is 27.2 Å². The monoisotopic (exact) mass is 695 g/mol. The van der Waals surface area contributed by atoms with E-state index < -0.39 is 28.5 Å². The van der Waals surface area contributed by atoms with Gasteiger partial charge in [0.25, 0.3) is 10.0 Å². The minimum atomic E-state index is -4.25. The van der Waals surface area contributed by atoms with Crippen LogP contribution in [0.15, 0.2) is 102 Å².